The number of amides is 1. The summed E-state index contributed by atoms with van der Waals surface area (Å²) in [6.45, 7) is 6.61. The van der Waals surface area contributed by atoms with Gasteiger partial charge in [-0.2, -0.15) is 0 Å². The Labute approximate surface area is 194 Å². The summed E-state index contributed by atoms with van der Waals surface area (Å²) in [7, 11) is 0. The van der Waals surface area contributed by atoms with E-state index in [9.17, 15) is 9.59 Å². The van der Waals surface area contributed by atoms with Gasteiger partial charge in [-0.25, -0.2) is 4.79 Å². The SMILES string of the molecule is CC(C)(C)OC(=O)N(CCCCC(=O)c1c[nH]c2ccccc12)CCc1ccccc1Cl. The van der Waals surface area contributed by atoms with E-state index in [0.717, 1.165) is 28.5 Å². The van der Waals surface area contributed by atoms with Crippen LogP contribution in [0.3, 0.4) is 0 Å². The number of nitrogens with one attached hydrogen (secondary N) is 1. The minimum absolute atomic E-state index is 0.113. The molecule has 1 amide bonds. The summed E-state index contributed by atoms with van der Waals surface area (Å²) in [4.78, 5) is 30.3. The lowest BCUT2D eigenvalue weighted by molar-refractivity contribution is 0.0249. The summed E-state index contributed by atoms with van der Waals surface area (Å²) >= 11 is 6.27. The van der Waals surface area contributed by atoms with Crippen molar-refractivity contribution in [2.24, 2.45) is 0 Å². The second-order valence-electron chi connectivity index (χ2n) is 8.94. The number of rotatable bonds is 9. The number of hydrogen-bond acceptors (Lipinski definition) is 3. The number of ether oxygens (including phenoxy) is 1. The molecule has 0 fully saturated rings. The minimum Gasteiger partial charge on any atom is -0.444 e. The van der Waals surface area contributed by atoms with Gasteiger partial charge in [0.2, 0.25) is 0 Å². The second kappa shape index (κ2) is 10.7. The third kappa shape index (κ3) is 6.60. The molecule has 1 heterocycles. The normalized spacial score (nSPS) is 11.5. The third-order valence-electron chi connectivity index (χ3n) is 5.23. The molecule has 32 heavy (non-hydrogen) atoms. The maximum absolute atomic E-state index is 12.7. The van der Waals surface area contributed by atoms with Gasteiger partial charge in [0.05, 0.1) is 0 Å². The van der Waals surface area contributed by atoms with Gasteiger partial charge in [0.25, 0.3) is 0 Å². The smallest absolute Gasteiger partial charge is 0.410 e. The van der Waals surface area contributed by atoms with Gasteiger partial charge in [-0.1, -0.05) is 48.0 Å². The molecule has 5 nitrogen and oxygen atoms in total. The Hall–Kier alpha value is -2.79. The number of aromatic nitrogens is 1. The van der Waals surface area contributed by atoms with Gasteiger partial charge in [-0.3, -0.25) is 4.79 Å². The van der Waals surface area contributed by atoms with Crippen LogP contribution in [0.2, 0.25) is 5.02 Å². The molecule has 0 atom stereocenters. The van der Waals surface area contributed by atoms with Gasteiger partial charge >= 0.3 is 6.09 Å². The van der Waals surface area contributed by atoms with E-state index in [1.54, 1.807) is 11.1 Å². The maximum atomic E-state index is 12.7. The number of ketones is 1. The Morgan fingerprint density at radius 2 is 1.72 bits per heavy atom. The first-order valence-electron chi connectivity index (χ1n) is 11.1. The Bertz CT molecular complexity index is 1070. The number of hydrogen-bond donors (Lipinski definition) is 1. The highest BCUT2D eigenvalue weighted by atomic mass is 35.5. The number of para-hydroxylation sites is 1. The lowest BCUT2D eigenvalue weighted by Crippen LogP contribution is -2.38. The van der Waals surface area contributed by atoms with Crippen molar-refractivity contribution in [3.8, 4) is 0 Å². The van der Waals surface area contributed by atoms with Crippen LogP contribution in [0.25, 0.3) is 10.9 Å². The molecule has 0 saturated heterocycles. The average molecular weight is 455 g/mol. The fourth-order valence-corrected chi connectivity index (χ4v) is 3.83. The number of carbonyl (C=O) groups excluding carboxylic acids is 2. The summed E-state index contributed by atoms with van der Waals surface area (Å²) in [5, 5.41) is 1.65. The van der Waals surface area contributed by atoms with Crippen LogP contribution in [0.5, 0.6) is 0 Å². The van der Waals surface area contributed by atoms with Crippen molar-refractivity contribution in [2.75, 3.05) is 13.1 Å². The Morgan fingerprint density at radius 1 is 1.00 bits per heavy atom. The van der Waals surface area contributed by atoms with Gasteiger partial charge in [0.15, 0.2) is 5.78 Å². The summed E-state index contributed by atoms with van der Waals surface area (Å²) in [5.41, 5.74) is 2.12. The molecule has 0 aliphatic heterocycles. The number of halogens is 1. The molecule has 3 rings (SSSR count). The largest absolute Gasteiger partial charge is 0.444 e. The molecule has 0 spiro atoms. The predicted octanol–water partition coefficient (Wildman–Crippen LogP) is 6.65. The maximum Gasteiger partial charge on any atom is 0.410 e. The van der Waals surface area contributed by atoms with E-state index in [1.165, 1.54) is 0 Å². The van der Waals surface area contributed by atoms with Crippen molar-refractivity contribution >= 4 is 34.4 Å². The zero-order chi connectivity index (χ0) is 23.1. The molecule has 170 valence electrons. The van der Waals surface area contributed by atoms with Crippen molar-refractivity contribution < 1.29 is 14.3 Å². The molecule has 0 unspecified atom stereocenters. The summed E-state index contributed by atoms with van der Waals surface area (Å²) < 4.78 is 5.59. The van der Waals surface area contributed by atoms with Crippen LogP contribution in [0.4, 0.5) is 4.79 Å². The quantitative estimate of drug-likeness (QED) is 0.290. The lowest BCUT2D eigenvalue weighted by atomic mass is 10.0. The fraction of sp³-hybridized carbons (Fsp3) is 0.385. The first kappa shape index (κ1) is 23.9. The molecule has 0 aliphatic carbocycles. The van der Waals surface area contributed by atoms with Crippen molar-refractivity contribution in [2.45, 2.75) is 52.1 Å². The lowest BCUT2D eigenvalue weighted by Gasteiger charge is -2.27. The molecular formula is C26H31ClN2O3. The number of H-pyrrole nitrogens is 1. The zero-order valence-corrected chi connectivity index (χ0v) is 19.7. The van der Waals surface area contributed by atoms with E-state index in [1.807, 2.05) is 69.3 Å². The summed E-state index contributed by atoms with van der Waals surface area (Å²) in [6.07, 6.45) is 3.94. The Morgan fingerprint density at radius 3 is 2.47 bits per heavy atom. The van der Waals surface area contributed by atoms with Crippen molar-refractivity contribution in [3.63, 3.8) is 0 Å². The fourth-order valence-electron chi connectivity index (χ4n) is 3.60. The van der Waals surface area contributed by atoms with Crippen LogP contribution >= 0.6 is 11.6 Å². The molecule has 0 bridgehead atoms. The first-order valence-corrected chi connectivity index (χ1v) is 11.4. The van der Waals surface area contributed by atoms with E-state index >= 15 is 0 Å². The van der Waals surface area contributed by atoms with Crippen molar-refractivity contribution in [1.29, 1.82) is 0 Å². The Balaban J connectivity index is 1.56. The van der Waals surface area contributed by atoms with Crippen LogP contribution in [-0.2, 0) is 11.2 Å². The van der Waals surface area contributed by atoms with E-state index in [2.05, 4.69) is 4.98 Å². The minimum atomic E-state index is -0.564. The first-order chi connectivity index (χ1) is 15.2. The average Bonchev–Trinajstić information content (AvgIpc) is 3.17. The van der Waals surface area contributed by atoms with Crippen LogP contribution in [0, 0.1) is 0 Å². The van der Waals surface area contributed by atoms with E-state index in [0.29, 0.717) is 37.4 Å². The zero-order valence-electron chi connectivity index (χ0n) is 19.0. The topological polar surface area (TPSA) is 62.4 Å². The standard InChI is InChI=1S/C26H31ClN2O3/c1-26(2,3)32-25(31)29(17-15-19-10-4-6-12-22(19)27)16-9-8-14-24(30)21-18-28-23-13-7-5-11-20(21)23/h4-7,10-13,18,28H,8-9,14-17H2,1-3H3. The Kier molecular flexibility index (Phi) is 7.97. The number of Topliss-reactive ketones (excluding diaryl/α,β-unsaturated/α-hetero) is 1. The summed E-state index contributed by atoms with van der Waals surface area (Å²) in [6, 6.07) is 15.4. The second-order valence-corrected chi connectivity index (χ2v) is 9.34. The number of fused-ring (bicyclic) bond motifs is 1. The molecule has 0 aliphatic rings. The number of benzene rings is 2. The van der Waals surface area contributed by atoms with E-state index in [-0.39, 0.29) is 11.9 Å². The molecule has 2 aromatic carbocycles. The van der Waals surface area contributed by atoms with E-state index in [4.69, 9.17) is 16.3 Å². The highest BCUT2D eigenvalue weighted by Gasteiger charge is 2.22. The van der Waals surface area contributed by atoms with Gasteiger partial charge in [0.1, 0.15) is 5.60 Å². The predicted molar refractivity (Wildman–Crippen MR) is 129 cm³/mol. The van der Waals surface area contributed by atoms with Gasteiger partial charge in [0, 0.05) is 47.2 Å². The van der Waals surface area contributed by atoms with Crippen LogP contribution in [-0.4, -0.2) is 40.5 Å². The van der Waals surface area contributed by atoms with Gasteiger partial charge in [-0.15, -0.1) is 0 Å². The third-order valence-corrected chi connectivity index (χ3v) is 5.60. The molecule has 3 aromatic rings. The monoisotopic (exact) mass is 454 g/mol. The van der Waals surface area contributed by atoms with Gasteiger partial charge < -0.3 is 14.6 Å². The highest BCUT2D eigenvalue weighted by molar-refractivity contribution is 6.31. The summed E-state index contributed by atoms with van der Waals surface area (Å²) in [5.74, 6) is 0.113. The molecule has 1 N–H and O–H groups in total. The molecule has 0 saturated carbocycles. The van der Waals surface area contributed by atoms with Crippen LogP contribution in [0.1, 0.15) is 56.0 Å². The molecule has 6 heteroatoms. The molecular weight excluding hydrogens is 424 g/mol. The number of unbranched alkanes of at least 4 members (excludes halogenated alkanes) is 1. The number of carbonyl (C=O) groups is 2. The van der Waals surface area contributed by atoms with Crippen LogP contribution < -0.4 is 0 Å². The number of nitrogens with zero attached hydrogens (tertiary/aromatic N) is 1. The molecule has 1 aromatic heterocycles. The van der Waals surface area contributed by atoms with Crippen molar-refractivity contribution in [3.05, 3.63) is 70.9 Å². The highest BCUT2D eigenvalue weighted by Crippen LogP contribution is 2.21. The number of aromatic amines is 1. The van der Waals surface area contributed by atoms with Crippen LogP contribution in [0.15, 0.2) is 54.7 Å². The van der Waals surface area contributed by atoms with Gasteiger partial charge in [-0.05, 0) is 57.7 Å². The van der Waals surface area contributed by atoms with Crippen molar-refractivity contribution in [1.82, 2.24) is 9.88 Å². The van der Waals surface area contributed by atoms with E-state index < -0.39 is 5.60 Å². The molecule has 0 radical (unpaired) electrons.